The predicted octanol–water partition coefficient (Wildman–Crippen LogP) is 2.70. The van der Waals surface area contributed by atoms with Crippen molar-refractivity contribution in [2.45, 2.75) is 19.9 Å². The predicted molar refractivity (Wildman–Crippen MR) is 104 cm³/mol. The van der Waals surface area contributed by atoms with Gasteiger partial charge in [0.15, 0.2) is 5.96 Å². The summed E-state index contributed by atoms with van der Waals surface area (Å²) in [5, 5.41) is 6.48. The zero-order valence-corrected chi connectivity index (χ0v) is 15.3. The number of nitrogens with one attached hydrogen (secondary N) is 2. The highest BCUT2D eigenvalue weighted by atomic mass is 19.1. The van der Waals surface area contributed by atoms with Crippen molar-refractivity contribution in [3.63, 3.8) is 0 Å². The van der Waals surface area contributed by atoms with Crippen LogP contribution in [0.1, 0.15) is 18.2 Å². The maximum Gasteiger partial charge on any atom is 0.191 e. The normalized spacial score (nSPS) is 11.4. The Labute approximate surface area is 158 Å². The third-order valence-corrected chi connectivity index (χ3v) is 3.96. The van der Waals surface area contributed by atoms with E-state index in [0.717, 1.165) is 30.8 Å². The van der Waals surface area contributed by atoms with E-state index in [1.54, 1.807) is 35.6 Å². The first-order chi connectivity index (χ1) is 13.3. The molecule has 0 aliphatic heterocycles. The second kappa shape index (κ2) is 9.47. The first-order valence-corrected chi connectivity index (χ1v) is 8.95. The van der Waals surface area contributed by atoms with Gasteiger partial charge in [-0.25, -0.2) is 14.4 Å². The molecule has 2 heterocycles. The fraction of sp³-hybridized carbons (Fsp3) is 0.250. The minimum atomic E-state index is -0.297. The summed E-state index contributed by atoms with van der Waals surface area (Å²) < 4.78 is 16.0. The Balaban J connectivity index is 1.60. The highest BCUT2D eigenvalue weighted by Crippen LogP contribution is 2.15. The summed E-state index contributed by atoms with van der Waals surface area (Å²) in [7, 11) is 0. The molecule has 0 radical (unpaired) electrons. The van der Waals surface area contributed by atoms with Gasteiger partial charge in [0.25, 0.3) is 0 Å². The highest BCUT2D eigenvalue weighted by Gasteiger charge is 2.06. The Kier molecular flexibility index (Phi) is 6.51. The summed E-state index contributed by atoms with van der Waals surface area (Å²) in [4.78, 5) is 12.8. The molecule has 0 saturated carbocycles. The number of halogens is 1. The maximum atomic E-state index is 14.3. The number of aromatic nitrogens is 3. The molecule has 27 heavy (non-hydrogen) atoms. The van der Waals surface area contributed by atoms with E-state index >= 15 is 0 Å². The van der Waals surface area contributed by atoms with Crippen molar-refractivity contribution >= 4 is 5.96 Å². The van der Waals surface area contributed by atoms with Gasteiger partial charge in [-0.1, -0.05) is 12.1 Å². The van der Waals surface area contributed by atoms with Crippen LogP contribution in [0.5, 0.6) is 0 Å². The van der Waals surface area contributed by atoms with E-state index in [9.17, 15) is 4.39 Å². The zero-order chi connectivity index (χ0) is 18.9. The van der Waals surface area contributed by atoms with Gasteiger partial charge in [0, 0.05) is 43.8 Å². The molecule has 7 heteroatoms. The Bertz CT molecular complexity index is 861. The summed E-state index contributed by atoms with van der Waals surface area (Å²) >= 11 is 0. The van der Waals surface area contributed by atoms with Crippen molar-refractivity contribution in [2.75, 3.05) is 13.1 Å². The first kappa shape index (κ1) is 18.6. The van der Waals surface area contributed by atoms with E-state index in [0.29, 0.717) is 18.2 Å². The van der Waals surface area contributed by atoms with Gasteiger partial charge in [0.1, 0.15) is 5.82 Å². The monoisotopic (exact) mass is 366 g/mol. The molecule has 0 atom stereocenters. The Morgan fingerprint density at radius 1 is 1.19 bits per heavy atom. The van der Waals surface area contributed by atoms with Crippen molar-refractivity contribution in [1.82, 2.24) is 25.2 Å². The fourth-order valence-electron chi connectivity index (χ4n) is 2.63. The lowest BCUT2D eigenvalue weighted by atomic mass is 10.2. The van der Waals surface area contributed by atoms with Crippen molar-refractivity contribution in [2.24, 2.45) is 4.99 Å². The molecule has 0 fully saturated rings. The molecule has 0 unspecified atom stereocenters. The number of benzene rings is 1. The molecule has 0 amide bonds. The lowest BCUT2D eigenvalue weighted by Gasteiger charge is -2.11. The topological polar surface area (TPSA) is 67.1 Å². The van der Waals surface area contributed by atoms with Crippen LogP contribution >= 0.6 is 0 Å². The third kappa shape index (κ3) is 5.37. The lowest BCUT2D eigenvalue weighted by Crippen LogP contribution is -2.38. The average molecular weight is 366 g/mol. The Morgan fingerprint density at radius 2 is 2.11 bits per heavy atom. The van der Waals surface area contributed by atoms with Gasteiger partial charge in [-0.3, -0.25) is 4.98 Å². The molecule has 2 N–H and O–H groups in total. The molecular formula is C20H23FN6. The van der Waals surface area contributed by atoms with Crippen molar-refractivity contribution in [1.29, 1.82) is 0 Å². The summed E-state index contributed by atoms with van der Waals surface area (Å²) in [5.74, 6) is 0.404. The number of hydrogen-bond donors (Lipinski definition) is 2. The van der Waals surface area contributed by atoms with E-state index in [2.05, 4.69) is 25.6 Å². The maximum absolute atomic E-state index is 14.3. The molecule has 1 aromatic carbocycles. The van der Waals surface area contributed by atoms with Crippen LogP contribution in [-0.4, -0.2) is 33.6 Å². The van der Waals surface area contributed by atoms with E-state index in [1.807, 2.05) is 31.2 Å². The SMILES string of the molecule is CCNC(=NCc1ccc(-n2ccnc2)c(F)c1)NCCc1ccccn1. The highest BCUT2D eigenvalue weighted by molar-refractivity contribution is 5.79. The van der Waals surface area contributed by atoms with Crippen molar-refractivity contribution < 1.29 is 4.39 Å². The van der Waals surface area contributed by atoms with Crippen LogP contribution in [0.3, 0.4) is 0 Å². The van der Waals surface area contributed by atoms with E-state index in [1.165, 1.54) is 6.07 Å². The molecule has 0 bridgehead atoms. The van der Waals surface area contributed by atoms with Gasteiger partial charge in [-0.05, 0) is 36.8 Å². The van der Waals surface area contributed by atoms with Crippen LogP contribution in [0.15, 0.2) is 66.3 Å². The van der Waals surface area contributed by atoms with Crippen LogP contribution < -0.4 is 10.6 Å². The van der Waals surface area contributed by atoms with Crippen molar-refractivity contribution in [3.8, 4) is 5.69 Å². The van der Waals surface area contributed by atoms with E-state index < -0.39 is 0 Å². The number of aliphatic imine (C=N–C) groups is 1. The van der Waals surface area contributed by atoms with Crippen LogP contribution in [0, 0.1) is 5.82 Å². The molecule has 0 spiro atoms. The minimum absolute atomic E-state index is 0.297. The van der Waals surface area contributed by atoms with Gasteiger partial charge < -0.3 is 15.2 Å². The molecule has 0 aliphatic carbocycles. The second-order valence-corrected chi connectivity index (χ2v) is 5.95. The molecule has 3 rings (SSSR count). The second-order valence-electron chi connectivity index (χ2n) is 5.95. The van der Waals surface area contributed by atoms with Crippen LogP contribution in [0.2, 0.25) is 0 Å². The molecule has 3 aromatic rings. The molecule has 6 nitrogen and oxygen atoms in total. The summed E-state index contributed by atoms with van der Waals surface area (Å²) in [6, 6.07) is 11.0. The standard InChI is InChI=1S/C20H23FN6/c1-2-23-20(25-10-8-17-5-3-4-9-24-17)26-14-16-6-7-19(18(21)13-16)27-12-11-22-15-27/h3-7,9,11-13,15H,2,8,10,14H2,1H3,(H2,23,25,26). The van der Waals surface area contributed by atoms with Crippen LogP contribution in [0.4, 0.5) is 4.39 Å². The summed E-state index contributed by atoms with van der Waals surface area (Å²) in [6.07, 6.45) is 7.50. The van der Waals surface area contributed by atoms with Gasteiger partial charge in [-0.2, -0.15) is 0 Å². The Morgan fingerprint density at radius 3 is 2.81 bits per heavy atom. The quantitative estimate of drug-likeness (QED) is 0.498. The fourth-order valence-corrected chi connectivity index (χ4v) is 2.63. The number of hydrogen-bond acceptors (Lipinski definition) is 3. The first-order valence-electron chi connectivity index (χ1n) is 8.95. The minimum Gasteiger partial charge on any atom is -0.357 e. The van der Waals surface area contributed by atoms with Gasteiger partial charge in [0.2, 0.25) is 0 Å². The summed E-state index contributed by atoms with van der Waals surface area (Å²) in [6.45, 7) is 3.87. The number of guanidine groups is 1. The molecule has 2 aromatic heterocycles. The van der Waals surface area contributed by atoms with E-state index in [-0.39, 0.29) is 5.82 Å². The number of rotatable bonds is 7. The van der Waals surface area contributed by atoms with Crippen LogP contribution in [0.25, 0.3) is 5.69 Å². The molecule has 0 saturated heterocycles. The lowest BCUT2D eigenvalue weighted by molar-refractivity contribution is 0.615. The molecule has 0 aliphatic rings. The third-order valence-electron chi connectivity index (χ3n) is 3.96. The number of nitrogens with zero attached hydrogens (tertiary/aromatic N) is 4. The number of imidazole rings is 1. The smallest absolute Gasteiger partial charge is 0.191 e. The largest absolute Gasteiger partial charge is 0.357 e. The molecular weight excluding hydrogens is 343 g/mol. The molecule has 140 valence electrons. The Hall–Kier alpha value is -3.22. The number of pyridine rings is 1. The van der Waals surface area contributed by atoms with Gasteiger partial charge in [0.05, 0.1) is 18.6 Å². The average Bonchev–Trinajstić information content (AvgIpc) is 3.21. The van der Waals surface area contributed by atoms with E-state index in [4.69, 9.17) is 0 Å². The van der Waals surface area contributed by atoms with Crippen molar-refractivity contribution in [3.05, 3.63) is 78.4 Å². The van der Waals surface area contributed by atoms with Gasteiger partial charge >= 0.3 is 0 Å². The zero-order valence-electron chi connectivity index (χ0n) is 15.3. The van der Waals surface area contributed by atoms with Gasteiger partial charge in [-0.15, -0.1) is 0 Å². The van der Waals surface area contributed by atoms with Crippen LogP contribution in [-0.2, 0) is 13.0 Å². The summed E-state index contributed by atoms with van der Waals surface area (Å²) in [5.41, 5.74) is 2.30.